The average molecular weight is 648 g/mol. The van der Waals surface area contributed by atoms with Crippen LogP contribution in [0, 0.1) is 17.3 Å². The van der Waals surface area contributed by atoms with Crippen molar-refractivity contribution >= 4 is 14.1 Å². The predicted octanol–water partition coefficient (Wildman–Crippen LogP) is 9.14. The molecule has 0 spiro atoms. The number of allylic oxidation sites excluding steroid dienone is 1. The lowest BCUT2D eigenvalue weighted by Crippen LogP contribution is -2.54. The molecular formula is C37H62FNO5Si. The SMILES string of the molecule is C=C(F)[C@H](CC=C(C)CCC[C@H](C)[C@H](O)C(CC)C(=O)C(C)(Cc1ccccn1)[C@@H]1CCOC(C)(C)O1)O[Si](C)(C)C(C)(C)C. The molecule has 0 amide bonds. The number of ether oxygens (including phenoxy) is 2. The molecule has 0 saturated carbocycles. The number of halogens is 1. The number of aromatic nitrogens is 1. The van der Waals surface area contributed by atoms with Crippen molar-refractivity contribution in [3.05, 3.63) is 54.1 Å². The number of pyridine rings is 1. The van der Waals surface area contributed by atoms with Crippen LogP contribution in [0.5, 0.6) is 0 Å². The zero-order valence-electron chi connectivity index (χ0n) is 30.0. The smallest absolute Gasteiger partial charge is 0.193 e. The first-order valence-corrected chi connectivity index (χ1v) is 19.8. The molecule has 1 N–H and O–H groups in total. The molecule has 1 aliphatic heterocycles. The zero-order valence-corrected chi connectivity index (χ0v) is 31.0. The lowest BCUT2D eigenvalue weighted by molar-refractivity contribution is -0.290. The number of hydrogen-bond acceptors (Lipinski definition) is 6. The fourth-order valence-electron chi connectivity index (χ4n) is 5.99. The second-order valence-electron chi connectivity index (χ2n) is 15.4. The van der Waals surface area contributed by atoms with Gasteiger partial charge in [0, 0.05) is 24.2 Å². The van der Waals surface area contributed by atoms with Crippen LogP contribution in [0.3, 0.4) is 0 Å². The molecular weight excluding hydrogens is 585 g/mol. The third kappa shape index (κ3) is 11.2. The molecule has 1 fully saturated rings. The van der Waals surface area contributed by atoms with Crippen LogP contribution in [0.25, 0.3) is 0 Å². The Bertz CT molecular complexity index is 1130. The molecule has 1 aromatic rings. The summed E-state index contributed by atoms with van der Waals surface area (Å²) in [5.74, 6) is -1.79. The minimum atomic E-state index is -2.14. The minimum absolute atomic E-state index is 0.0154. The highest BCUT2D eigenvalue weighted by molar-refractivity contribution is 6.74. The first-order chi connectivity index (χ1) is 20.7. The first-order valence-electron chi connectivity index (χ1n) is 16.9. The predicted molar refractivity (Wildman–Crippen MR) is 184 cm³/mol. The maximum Gasteiger partial charge on any atom is 0.193 e. The van der Waals surface area contributed by atoms with E-state index < -0.39 is 43.5 Å². The monoisotopic (exact) mass is 647 g/mol. The quantitative estimate of drug-likeness (QED) is 0.134. The zero-order chi connectivity index (χ0) is 34.2. The minimum Gasteiger partial charge on any atom is -0.407 e. The molecule has 1 saturated heterocycles. The van der Waals surface area contributed by atoms with Crippen molar-refractivity contribution in [2.75, 3.05) is 6.61 Å². The molecule has 1 aliphatic rings. The normalized spacial score (nSPS) is 21.8. The van der Waals surface area contributed by atoms with Crippen molar-refractivity contribution < 1.29 is 28.2 Å². The van der Waals surface area contributed by atoms with Gasteiger partial charge in [0.25, 0.3) is 0 Å². The van der Waals surface area contributed by atoms with Gasteiger partial charge in [0.2, 0.25) is 0 Å². The van der Waals surface area contributed by atoms with E-state index in [4.69, 9.17) is 13.9 Å². The molecule has 0 aliphatic carbocycles. The van der Waals surface area contributed by atoms with Crippen molar-refractivity contribution in [1.29, 1.82) is 0 Å². The van der Waals surface area contributed by atoms with Gasteiger partial charge in [-0.05, 0) is 102 Å². The van der Waals surface area contributed by atoms with Gasteiger partial charge in [0.05, 0.1) is 30.3 Å². The number of carbonyl (C=O) groups excluding carboxylic acids is 1. The lowest BCUT2D eigenvalue weighted by atomic mass is 9.67. The number of hydrogen-bond donors (Lipinski definition) is 1. The highest BCUT2D eigenvalue weighted by Crippen LogP contribution is 2.41. The molecule has 1 aromatic heterocycles. The number of aliphatic hydroxyl groups excluding tert-OH is 1. The van der Waals surface area contributed by atoms with Gasteiger partial charge in [0.15, 0.2) is 14.1 Å². The van der Waals surface area contributed by atoms with E-state index in [0.29, 0.717) is 32.3 Å². The molecule has 0 bridgehead atoms. The molecule has 6 nitrogen and oxygen atoms in total. The summed E-state index contributed by atoms with van der Waals surface area (Å²) in [6.07, 6.45) is 6.52. The number of Topliss-reactive ketones (excluding diaryl/α,β-unsaturated/α-hetero) is 1. The summed E-state index contributed by atoms with van der Waals surface area (Å²) in [7, 11) is -2.14. The van der Waals surface area contributed by atoms with Crippen molar-refractivity contribution in [1.82, 2.24) is 4.98 Å². The number of nitrogens with zero attached hydrogens (tertiary/aromatic N) is 1. The highest BCUT2D eigenvalue weighted by Gasteiger charge is 2.50. The van der Waals surface area contributed by atoms with Crippen LogP contribution in [-0.4, -0.2) is 54.9 Å². The van der Waals surface area contributed by atoms with Gasteiger partial charge in [-0.1, -0.05) is 58.9 Å². The van der Waals surface area contributed by atoms with Crippen molar-refractivity contribution in [2.45, 2.75) is 149 Å². The average Bonchev–Trinajstić information content (AvgIpc) is 2.94. The third-order valence-electron chi connectivity index (χ3n) is 10.1. The molecule has 256 valence electrons. The largest absolute Gasteiger partial charge is 0.407 e. The van der Waals surface area contributed by atoms with E-state index in [1.165, 1.54) is 0 Å². The van der Waals surface area contributed by atoms with E-state index in [0.717, 1.165) is 30.5 Å². The summed E-state index contributed by atoms with van der Waals surface area (Å²) in [5, 5.41) is 11.6. The van der Waals surface area contributed by atoms with Gasteiger partial charge in [0.1, 0.15) is 11.6 Å². The lowest BCUT2D eigenvalue weighted by Gasteiger charge is -2.46. The summed E-state index contributed by atoms with van der Waals surface area (Å²) in [4.78, 5) is 19.0. The molecule has 2 unspecified atom stereocenters. The van der Waals surface area contributed by atoms with Crippen LogP contribution in [0.15, 0.2) is 48.5 Å². The van der Waals surface area contributed by atoms with Crippen LogP contribution in [0.2, 0.25) is 18.1 Å². The second kappa shape index (κ2) is 16.4. The molecule has 45 heavy (non-hydrogen) atoms. The van der Waals surface area contributed by atoms with Crippen LogP contribution in [-0.2, 0) is 25.1 Å². The maximum absolute atomic E-state index is 14.4. The maximum atomic E-state index is 14.4. The molecule has 2 rings (SSSR count). The summed E-state index contributed by atoms with van der Waals surface area (Å²) >= 11 is 0. The Morgan fingerprint density at radius 3 is 2.49 bits per heavy atom. The van der Waals surface area contributed by atoms with Crippen LogP contribution in [0.1, 0.15) is 107 Å². The van der Waals surface area contributed by atoms with E-state index in [-0.39, 0.29) is 22.8 Å². The van der Waals surface area contributed by atoms with Crippen LogP contribution >= 0.6 is 0 Å². The Balaban J connectivity index is 2.09. The summed E-state index contributed by atoms with van der Waals surface area (Å²) in [5.41, 5.74) is 1.11. The fraction of sp³-hybridized carbons (Fsp3) is 0.730. The Hall–Kier alpha value is -1.71. The third-order valence-corrected chi connectivity index (χ3v) is 14.6. The van der Waals surface area contributed by atoms with E-state index in [2.05, 4.69) is 58.4 Å². The van der Waals surface area contributed by atoms with Gasteiger partial charge >= 0.3 is 0 Å². The number of aliphatic hydroxyl groups is 1. The number of carbonyl (C=O) groups is 1. The summed E-state index contributed by atoms with van der Waals surface area (Å²) < 4.78 is 32.8. The first kappa shape index (κ1) is 39.5. The van der Waals surface area contributed by atoms with Crippen molar-refractivity contribution in [3.8, 4) is 0 Å². The van der Waals surface area contributed by atoms with E-state index >= 15 is 0 Å². The highest BCUT2D eigenvalue weighted by atomic mass is 28.4. The Morgan fingerprint density at radius 1 is 1.29 bits per heavy atom. The van der Waals surface area contributed by atoms with Gasteiger partial charge in [-0.15, -0.1) is 0 Å². The molecule has 2 heterocycles. The Labute approximate surface area is 274 Å². The molecule has 0 aromatic carbocycles. The van der Waals surface area contributed by atoms with Crippen LogP contribution < -0.4 is 0 Å². The standard InChI is InChI=1S/C37H62FNO5Si/c1-13-30(34(41)37(10,25-29-19-14-15-23-39-29)32-22-24-42-36(8,9)43-32)33(40)27(3)18-16-17-26(2)20-21-31(28(4)38)44-45(11,12)35(5,6)7/h14-15,19-20,23,27,30-33,40H,4,13,16-18,21-22,24-25H2,1-3,5-12H3/t27-,30?,31-,32-,33-,37?/m0/s1. The Morgan fingerprint density at radius 2 is 1.96 bits per heavy atom. The van der Waals surface area contributed by atoms with Gasteiger partial charge in [-0.2, -0.15) is 0 Å². The summed E-state index contributed by atoms with van der Waals surface area (Å²) in [6, 6.07) is 5.74. The van der Waals surface area contributed by atoms with Gasteiger partial charge in [-0.3, -0.25) is 9.78 Å². The van der Waals surface area contributed by atoms with Gasteiger partial charge < -0.3 is 19.0 Å². The molecule has 8 heteroatoms. The Kier molecular flexibility index (Phi) is 14.4. The van der Waals surface area contributed by atoms with E-state index in [9.17, 15) is 14.3 Å². The molecule has 6 atom stereocenters. The van der Waals surface area contributed by atoms with E-state index in [1.54, 1.807) is 6.20 Å². The second-order valence-corrected chi connectivity index (χ2v) is 20.2. The van der Waals surface area contributed by atoms with E-state index in [1.807, 2.05) is 52.8 Å². The topological polar surface area (TPSA) is 77.9 Å². The van der Waals surface area contributed by atoms with Crippen molar-refractivity contribution in [3.63, 3.8) is 0 Å². The molecule has 0 radical (unpaired) electrons. The van der Waals surface area contributed by atoms with Crippen molar-refractivity contribution in [2.24, 2.45) is 17.3 Å². The van der Waals surface area contributed by atoms with Crippen LogP contribution in [0.4, 0.5) is 4.39 Å². The number of ketones is 1. The number of rotatable bonds is 17. The fourth-order valence-corrected chi connectivity index (χ4v) is 7.28. The summed E-state index contributed by atoms with van der Waals surface area (Å²) in [6.45, 7) is 26.5. The van der Waals surface area contributed by atoms with Gasteiger partial charge in [-0.25, -0.2) is 4.39 Å².